The zero-order valence-corrected chi connectivity index (χ0v) is 20.7. The molecular weight excluding hydrogens is 460 g/mol. The molecule has 0 aliphatic rings. The lowest BCUT2D eigenvalue weighted by atomic mass is 10.2. The van der Waals surface area contributed by atoms with E-state index in [1.165, 1.54) is 37.8 Å². The lowest BCUT2D eigenvalue weighted by molar-refractivity contribution is 0.0597. The third-order valence-electron chi connectivity index (χ3n) is 3.55. The summed E-state index contributed by atoms with van der Waals surface area (Å²) >= 11 is 0. The molecule has 35 heavy (non-hydrogen) atoms. The van der Waals surface area contributed by atoms with E-state index in [0.717, 1.165) is 6.20 Å². The van der Waals surface area contributed by atoms with Gasteiger partial charge in [0.2, 0.25) is 0 Å². The van der Waals surface area contributed by atoms with E-state index in [4.69, 9.17) is 14.6 Å². The number of aromatic nitrogens is 2. The third-order valence-corrected chi connectivity index (χ3v) is 3.55. The molecule has 0 aromatic carbocycles. The molecule has 2 rings (SSSR count). The minimum atomic E-state index is -1.16. The van der Waals surface area contributed by atoms with Crippen LogP contribution in [-0.2, 0) is 14.2 Å². The van der Waals surface area contributed by atoms with Gasteiger partial charge in [-0.3, -0.25) is 20.6 Å². The Hall–Kier alpha value is -4.22. The minimum Gasteiger partial charge on any atom is -0.478 e. The number of carboxylic acids is 1. The number of rotatable bonds is 4. The van der Waals surface area contributed by atoms with Gasteiger partial charge in [-0.1, -0.05) is 0 Å². The van der Waals surface area contributed by atoms with Gasteiger partial charge >= 0.3 is 24.1 Å². The van der Waals surface area contributed by atoms with Gasteiger partial charge in [0, 0.05) is 24.8 Å². The molecule has 12 heteroatoms. The predicted octanol–water partition coefficient (Wildman–Crippen LogP) is 4.34. The van der Waals surface area contributed by atoms with Crippen LogP contribution in [0.5, 0.6) is 0 Å². The van der Waals surface area contributed by atoms with Crippen LogP contribution in [-0.4, -0.2) is 57.5 Å². The van der Waals surface area contributed by atoms with Gasteiger partial charge in [-0.2, -0.15) is 0 Å². The van der Waals surface area contributed by atoms with E-state index >= 15 is 0 Å². The Morgan fingerprint density at radius 1 is 0.771 bits per heavy atom. The van der Waals surface area contributed by atoms with Gasteiger partial charge in [0.15, 0.2) is 0 Å². The molecule has 0 aliphatic carbocycles. The number of esters is 1. The largest absolute Gasteiger partial charge is 0.478 e. The number of aromatic carboxylic acids is 1. The van der Waals surface area contributed by atoms with Crippen molar-refractivity contribution in [3.05, 3.63) is 48.0 Å². The summed E-state index contributed by atoms with van der Waals surface area (Å²) in [6.07, 6.45) is 3.98. The quantitative estimate of drug-likeness (QED) is 0.414. The van der Waals surface area contributed by atoms with Crippen LogP contribution in [0.15, 0.2) is 36.9 Å². The number of pyridine rings is 2. The summed E-state index contributed by atoms with van der Waals surface area (Å²) in [5.74, 6) is -1.74. The van der Waals surface area contributed by atoms with Crippen LogP contribution in [0.25, 0.3) is 0 Å². The predicted molar refractivity (Wildman–Crippen MR) is 126 cm³/mol. The van der Waals surface area contributed by atoms with Gasteiger partial charge < -0.3 is 19.3 Å². The van der Waals surface area contributed by atoms with Crippen molar-refractivity contribution in [2.75, 3.05) is 17.7 Å². The van der Waals surface area contributed by atoms with Crippen LogP contribution in [0, 0.1) is 0 Å². The van der Waals surface area contributed by atoms with E-state index in [-0.39, 0.29) is 16.8 Å². The average Bonchev–Trinajstić information content (AvgIpc) is 2.71. The smallest absolute Gasteiger partial charge is 0.412 e. The molecular formula is C23H30N4O8. The van der Waals surface area contributed by atoms with E-state index in [1.807, 2.05) is 0 Å². The Morgan fingerprint density at radius 2 is 1.17 bits per heavy atom. The summed E-state index contributed by atoms with van der Waals surface area (Å²) < 4.78 is 14.7. The highest BCUT2D eigenvalue weighted by atomic mass is 16.6. The van der Waals surface area contributed by atoms with Crippen molar-refractivity contribution < 1.29 is 38.5 Å². The van der Waals surface area contributed by atoms with Crippen molar-refractivity contribution in [2.45, 2.75) is 52.7 Å². The summed E-state index contributed by atoms with van der Waals surface area (Å²) in [5.41, 5.74) is -0.708. The van der Waals surface area contributed by atoms with E-state index in [2.05, 4.69) is 25.3 Å². The summed E-state index contributed by atoms with van der Waals surface area (Å²) in [6.45, 7) is 10.4. The Kier molecular flexibility index (Phi) is 10.1. The fraction of sp³-hybridized carbons (Fsp3) is 0.391. The van der Waals surface area contributed by atoms with Crippen LogP contribution in [0.4, 0.5) is 21.0 Å². The van der Waals surface area contributed by atoms with Gasteiger partial charge in [-0.25, -0.2) is 19.2 Å². The van der Waals surface area contributed by atoms with Crippen LogP contribution in [0.3, 0.4) is 0 Å². The number of carboxylic acid groups (broad SMARTS) is 1. The topological polar surface area (TPSA) is 166 Å². The number of hydrogen-bond donors (Lipinski definition) is 3. The third kappa shape index (κ3) is 11.0. The van der Waals surface area contributed by atoms with E-state index < -0.39 is 35.3 Å². The van der Waals surface area contributed by atoms with Gasteiger partial charge in [0.25, 0.3) is 0 Å². The van der Waals surface area contributed by atoms with Crippen molar-refractivity contribution in [2.24, 2.45) is 0 Å². The summed E-state index contributed by atoms with van der Waals surface area (Å²) in [4.78, 5) is 52.8. The SMILES string of the molecule is CC(C)(C)OC(=O)Nc1ccncc1C(=O)O.COC(=O)c1cnccc1NC(=O)OC(C)(C)C. The molecule has 0 aliphatic heterocycles. The maximum Gasteiger partial charge on any atom is 0.412 e. The first kappa shape index (κ1) is 28.8. The number of anilines is 2. The van der Waals surface area contributed by atoms with E-state index in [1.54, 1.807) is 41.5 Å². The standard InChI is InChI=1S/C12H16N2O4.C11H14N2O4/c1-12(2,3)18-11(16)14-9-5-6-13-7-8(9)10(15)17-4;1-11(2,3)17-10(16)13-8-4-5-12-6-7(8)9(14)15/h5-7H,1-4H3,(H,13,14,16);4-6H,1-3H3,(H,14,15)(H,12,13,16). The lowest BCUT2D eigenvalue weighted by Gasteiger charge is -2.20. The molecule has 0 atom stereocenters. The van der Waals surface area contributed by atoms with Crippen molar-refractivity contribution in [3.63, 3.8) is 0 Å². The Bertz CT molecular complexity index is 1060. The monoisotopic (exact) mass is 490 g/mol. The molecule has 3 N–H and O–H groups in total. The average molecular weight is 491 g/mol. The molecule has 0 radical (unpaired) electrons. The zero-order valence-electron chi connectivity index (χ0n) is 20.7. The first-order valence-electron chi connectivity index (χ1n) is 10.3. The molecule has 2 aromatic heterocycles. The highest BCUT2D eigenvalue weighted by Crippen LogP contribution is 2.17. The van der Waals surface area contributed by atoms with Crippen molar-refractivity contribution >= 4 is 35.5 Å². The Balaban J connectivity index is 0.000000351. The number of ether oxygens (including phenoxy) is 3. The highest BCUT2D eigenvalue weighted by molar-refractivity contribution is 5.99. The first-order chi connectivity index (χ1) is 16.1. The molecule has 2 amide bonds. The molecule has 0 saturated carbocycles. The summed E-state index contributed by atoms with van der Waals surface area (Å²) in [5, 5.41) is 13.7. The van der Waals surface area contributed by atoms with Crippen molar-refractivity contribution in [3.8, 4) is 0 Å². The van der Waals surface area contributed by atoms with Crippen molar-refractivity contribution in [1.82, 2.24) is 9.97 Å². The van der Waals surface area contributed by atoms with Gasteiger partial charge in [0.1, 0.15) is 22.3 Å². The first-order valence-corrected chi connectivity index (χ1v) is 10.3. The van der Waals surface area contributed by atoms with Crippen LogP contribution in [0.1, 0.15) is 62.3 Å². The summed E-state index contributed by atoms with van der Waals surface area (Å²) in [7, 11) is 1.26. The molecule has 12 nitrogen and oxygen atoms in total. The number of nitrogens with one attached hydrogen (secondary N) is 2. The molecule has 2 heterocycles. The van der Waals surface area contributed by atoms with Crippen LogP contribution in [0.2, 0.25) is 0 Å². The normalized spacial score (nSPS) is 10.7. The molecule has 0 spiro atoms. The number of nitrogens with zero attached hydrogens (tertiary/aromatic N) is 2. The molecule has 190 valence electrons. The van der Waals surface area contributed by atoms with Crippen LogP contribution >= 0.6 is 0 Å². The Morgan fingerprint density at radius 3 is 1.54 bits per heavy atom. The maximum atomic E-state index is 11.6. The minimum absolute atomic E-state index is 0.0849. The second-order valence-electron chi connectivity index (χ2n) is 8.89. The number of carbonyl (C=O) groups is 4. The van der Waals surface area contributed by atoms with E-state index in [0.29, 0.717) is 5.69 Å². The lowest BCUT2D eigenvalue weighted by Crippen LogP contribution is -2.27. The number of carbonyl (C=O) groups excluding carboxylic acids is 3. The molecule has 0 fully saturated rings. The summed E-state index contributed by atoms with van der Waals surface area (Å²) in [6, 6.07) is 2.89. The molecule has 0 saturated heterocycles. The number of amides is 2. The van der Waals surface area contributed by atoms with E-state index in [9.17, 15) is 19.2 Å². The van der Waals surface area contributed by atoms with Crippen LogP contribution < -0.4 is 10.6 Å². The van der Waals surface area contributed by atoms with Gasteiger partial charge in [-0.15, -0.1) is 0 Å². The fourth-order valence-corrected chi connectivity index (χ4v) is 2.28. The zero-order chi connectivity index (χ0) is 26.8. The number of methoxy groups -OCH3 is 1. The second kappa shape index (κ2) is 12.3. The second-order valence-corrected chi connectivity index (χ2v) is 8.89. The fourth-order valence-electron chi connectivity index (χ4n) is 2.28. The molecule has 0 bridgehead atoms. The Labute approximate surface area is 203 Å². The van der Waals surface area contributed by atoms with Crippen molar-refractivity contribution in [1.29, 1.82) is 0 Å². The van der Waals surface area contributed by atoms with Gasteiger partial charge in [0.05, 0.1) is 18.5 Å². The van der Waals surface area contributed by atoms with Gasteiger partial charge in [-0.05, 0) is 53.7 Å². The highest BCUT2D eigenvalue weighted by Gasteiger charge is 2.20. The maximum absolute atomic E-state index is 11.6. The molecule has 0 unspecified atom stereocenters. The number of hydrogen-bond acceptors (Lipinski definition) is 9. The molecule has 2 aromatic rings.